The van der Waals surface area contributed by atoms with Gasteiger partial charge in [0.1, 0.15) is 5.60 Å². The van der Waals surface area contributed by atoms with Gasteiger partial charge in [-0.05, 0) is 76.5 Å². The molecule has 4 saturated carbocycles. The second kappa shape index (κ2) is 5.45. The minimum Gasteiger partial charge on any atom is -0.443 e. The zero-order valence-electron chi connectivity index (χ0n) is 13.8. The molecule has 0 aliphatic heterocycles. The predicted molar refractivity (Wildman–Crippen MR) is 83.8 cm³/mol. The van der Waals surface area contributed by atoms with Crippen LogP contribution in [0.3, 0.4) is 0 Å². The fourth-order valence-corrected chi connectivity index (χ4v) is 4.87. The average Bonchev–Trinajstić information content (AvgIpc) is 2.38. The topological polar surface area (TPSA) is 58.6 Å². The maximum absolute atomic E-state index is 11.5. The molecule has 0 saturated heterocycles. The van der Waals surface area contributed by atoms with Crippen LogP contribution in [0.2, 0.25) is 0 Å². The summed E-state index contributed by atoms with van der Waals surface area (Å²) in [4.78, 5) is 11.5. The monoisotopic (exact) mass is 305 g/mol. The molecule has 4 rings (SSSR count). The van der Waals surface area contributed by atoms with Crippen molar-refractivity contribution in [1.29, 1.82) is 0 Å². The van der Waals surface area contributed by atoms with Crippen molar-refractivity contribution in [3.63, 3.8) is 0 Å². The molecule has 4 heteroatoms. The number of nitrogens with one attached hydrogen (secondary N) is 1. The van der Waals surface area contributed by atoms with E-state index in [0.29, 0.717) is 18.3 Å². The molecule has 4 aliphatic carbocycles. The Morgan fingerprint density at radius 2 is 1.73 bits per heavy atom. The van der Waals surface area contributed by atoms with Crippen LogP contribution in [-0.2, 0) is 4.74 Å². The fraction of sp³-hybridized carbons (Fsp3) is 0.833. The van der Waals surface area contributed by atoms with E-state index >= 15 is 0 Å². The summed E-state index contributed by atoms with van der Waals surface area (Å²) in [5.41, 5.74) is -1.17. The van der Waals surface area contributed by atoms with E-state index in [2.05, 4.69) is 17.3 Å². The summed E-state index contributed by atoms with van der Waals surface area (Å²) >= 11 is 0. The molecule has 4 bridgehead atoms. The number of carbonyl (C=O) groups is 1. The average molecular weight is 305 g/mol. The summed E-state index contributed by atoms with van der Waals surface area (Å²) in [6.45, 7) is 5.45. The van der Waals surface area contributed by atoms with Gasteiger partial charge in [-0.25, -0.2) is 10.1 Å². The lowest BCUT2D eigenvalue weighted by Gasteiger charge is -2.58. The van der Waals surface area contributed by atoms with Crippen molar-refractivity contribution in [1.82, 2.24) is 5.32 Å². The van der Waals surface area contributed by atoms with Crippen LogP contribution in [0.5, 0.6) is 0 Å². The Kier molecular flexibility index (Phi) is 3.89. The maximum atomic E-state index is 11.5. The van der Waals surface area contributed by atoms with E-state index in [9.17, 15) is 9.90 Å². The van der Waals surface area contributed by atoms with Crippen LogP contribution in [0.1, 0.15) is 59.3 Å². The highest BCUT2D eigenvalue weighted by atomic mass is 16.6. The summed E-state index contributed by atoms with van der Waals surface area (Å²) in [5.74, 6) is 5.42. The third-order valence-corrected chi connectivity index (χ3v) is 5.58. The molecule has 0 radical (unpaired) electrons. The van der Waals surface area contributed by atoms with Crippen molar-refractivity contribution in [2.24, 2.45) is 23.7 Å². The van der Waals surface area contributed by atoms with E-state index < -0.39 is 17.3 Å². The molecule has 4 aliphatic rings. The molecule has 0 atom stereocenters. The Labute approximate surface area is 133 Å². The summed E-state index contributed by atoms with van der Waals surface area (Å²) in [5, 5.41) is 13.5. The molecule has 1 amide bonds. The van der Waals surface area contributed by atoms with Gasteiger partial charge in [0, 0.05) is 12.5 Å². The van der Waals surface area contributed by atoms with Crippen molar-refractivity contribution >= 4 is 6.09 Å². The third-order valence-electron chi connectivity index (χ3n) is 5.58. The molecule has 0 aromatic carbocycles. The molecular weight excluding hydrogens is 278 g/mol. The first-order valence-corrected chi connectivity index (χ1v) is 8.45. The minimum atomic E-state index is -0.643. The van der Waals surface area contributed by atoms with Gasteiger partial charge in [-0.15, -0.1) is 0 Å². The second-order valence-corrected chi connectivity index (χ2v) is 8.40. The van der Waals surface area contributed by atoms with E-state index in [-0.39, 0.29) is 0 Å². The summed E-state index contributed by atoms with van der Waals surface area (Å²) < 4.78 is 5.13. The summed E-state index contributed by atoms with van der Waals surface area (Å²) in [6, 6.07) is 2.66. The molecule has 4 fully saturated rings. The highest BCUT2D eigenvalue weighted by Crippen LogP contribution is 2.59. The van der Waals surface area contributed by atoms with Gasteiger partial charge in [0.2, 0.25) is 0 Å². The van der Waals surface area contributed by atoms with Crippen molar-refractivity contribution in [2.45, 2.75) is 70.5 Å². The van der Waals surface area contributed by atoms with Crippen molar-refractivity contribution in [2.75, 3.05) is 0 Å². The van der Waals surface area contributed by atoms with Gasteiger partial charge in [-0.3, -0.25) is 0 Å². The highest BCUT2D eigenvalue weighted by molar-refractivity contribution is 5.69. The molecule has 122 valence electrons. The third kappa shape index (κ3) is 3.10. The molecule has 4 nitrogen and oxygen atoms in total. The molecule has 0 heterocycles. The molecule has 0 unspecified atom stereocenters. The van der Waals surface area contributed by atoms with Crippen LogP contribution in [0, 0.1) is 35.6 Å². The largest absolute Gasteiger partial charge is 0.443 e. The Balaban J connectivity index is 1.56. The Morgan fingerprint density at radius 1 is 1.18 bits per heavy atom. The minimum absolute atomic E-state index is 0.402. The van der Waals surface area contributed by atoms with Gasteiger partial charge < -0.3 is 9.84 Å². The first kappa shape index (κ1) is 15.7. The van der Waals surface area contributed by atoms with Crippen LogP contribution in [0.4, 0.5) is 4.79 Å². The smallest absolute Gasteiger partial charge is 0.419 e. The number of carbonyl (C=O) groups excluding carboxylic acids is 1. The van der Waals surface area contributed by atoms with Crippen LogP contribution in [0.15, 0.2) is 0 Å². The quantitative estimate of drug-likeness (QED) is 0.578. The first-order chi connectivity index (χ1) is 10.3. The lowest BCUT2D eigenvalue weighted by Crippen LogP contribution is -2.57. The van der Waals surface area contributed by atoms with Gasteiger partial charge in [0.15, 0.2) is 0 Å². The zero-order chi connectivity index (χ0) is 16.0. The van der Waals surface area contributed by atoms with Crippen LogP contribution >= 0.6 is 0 Å². The van der Waals surface area contributed by atoms with Gasteiger partial charge >= 0.3 is 6.09 Å². The number of rotatable bonds is 1. The van der Waals surface area contributed by atoms with E-state index in [1.54, 1.807) is 0 Å². The maximum Gasteiger partial charge on any atom is 0.419 e. The molecule has 0 aromatic heterocycles. The van der Waals surface area contributed by atoms with Gasteiger partial charge in [0.05, 0.1) is 5.60 Å². The Hall–Kier alpha value is -1.21. The van der Waals surface area contributed by atoms with Gasteiger partial charge in [0.25, 0.3) is 0 Å². The number of ether oxygens (including phenoxy) is 1. The van der Waals surface area contributed by atoms with E-state index in [0.717, 1.165) is 37.5 Å². The van der Waals surface area contributed by atoms with Crippen LogP contribution in [0.25, 0.3) is 0 Å². The molecule has 0 aromatic rings. The fourth-order valence-electron chi connectivity index (χ4n) is 4.87. The number of hydrogen-bond acceptors (Lipinski definition) is 3. The first-order valence-electron chi connectivity index (χ1n) is 8.45. The lowest BCUT2D eigenvalue weighted by atomic mass is 9.49. The molecule has 0 spiro atoms. The van der Waals surface area contributed by atoms with E-state index in [4.69, 9.17) is 4.74 Å². The lowest BCUT2D eigenvalue weighted by molar-refractivity contribution is -0.169. The molecular formula is C18H27NO3. The molecule has 22 heavy (non-hydrogen) atoms. The van der Waals surface area contributed by atoms with Gasteiger partial charge in [-0.1, -0.05) is 5.92 Å². The van der Waals surface area contributed by atoms with Crippen LogP contribution < -0.4 is 5.32 Å². The number of aliphatic hydroxyl groups is 1. The Bertz CT molecular complexity index is 481. The predicted octanol–water partition coefficient (Wildman–Crippen LogP) is 3.05. The van der Waals surface area contributed by atoms with Crippen molar-refractivity contribution in [3.05, 3.63) is 0 Å². The standard InChI is InChI=1S/C18H27NO3/c1-17(2,3)22-16(20)19-6-4-5-18(21)14-8-12-7-13(10-14)11-15(18)9-12/h12-15,21H,5,7-11H2,1-3H3,(H,19,20). The number of hydrogen-bond donors (Lipinski definition) is 2. The van der Waals surface area contributed by atoms with Crippen molar-refractivity contribution < 1.29 is 14.6 Å². The zero-order valence-corrected chi connectivity index (χ0v) is 13.8. The number of amides is 1. The van der Waals surface area contributed by atoms with E-state index in [1.807, 2.05) is 20.8 Å². The molecule has 2 N–H and O–H groups in total. The SMILES string of the molecule is CC(C)(C)OC(=O)NC#CCC1(O)C2CC3CC(C2)CC1C3. The van der Waals surface area contributed by atoms with Crippen LogP contribution in [-0.4, -0.2) is 22.4 Å². The van der Waals surface area contributed by atoms with Crippen molar-refractivity contribution in [3.8, 4) is 12.0 Å². The summed E-state index contributed by atoms with van der Waals surface area (Å²) in [6.07, 6.45) is 5.93. The number of alkyl carbamates (subject to hydrolysis) is 1. The Morgan fingerprint density at radius 3 is 2.23 bits per heavy atom. The van der Waals surface area contributed by atoms with E-state index in [1.165, 1.54) is 6.42 Å². The normalized spacial score (nSPS) is 39.1. The summed E-state index contributed by atoms with van der Waals surface area (Å²) in [7, 11) is 0. The second-order valence-electron chi connectivity index (χ2n) is 8.40. The van der Waals surface area contributed by atoms with Gasteiger partial charge in [-0.2, -0.15) is 0 Å². The highest BCUT2D eigenvalue weighted by Gasteiger charge is 2.55.